The summed E-state index contributed by atoms with van der Waals surface area (Å²) >= 11 is 0. The number of aryl methyl sites for hydroxylation is 1. The molecule has 4 aromatic rings. The molecule has 2 N–H and O–H groups in total. The van der Waals surface area contributed by atoms with Gasteiger partial charge in [-0.05, 0) is 53.8 Å². The Morgan fingerprint density at radius 2 is 1.75 bits per heavy atom. The van der Waals surface area contributed by atoms with Gasteiger partial charge in [0.25, 0.3) is 5.91 Å². The van der Waals surface area contributed by atoms with Crippen LogP contribution in [0.1, 0.15) is 54.6 Å². The number of carbonyl (C=O) groups excluding carboxylic acids is 1. The number of hydrogen-bond donors (Lipinski definition) is 2. The van der Waals surface area contributed by atoms with E-state index in [1.165, 1.54) is 0 Å². The molecular formula is C29H29F2N3O2. The molecule has 0 saturated heterocycles. The second-order valence-corrected chi connectivity index (χ2v) is 9.60. The van der Waals surface area contributed by atoms with Gasteiger partial charge in [-0.2, -0.15) is 5.10 Å². The molecule has 0 aliphatic heterocycles. The van der Waals surface area contributed by atoms with Crippen LogP contribution in [0, 0.1) is 0 Å². The van der Waals surface area contributed by atoms with Crippen LogP contribution in [0.2, 0.25) is 0 Å². The van der Waals surface area contributed by atoms with Crippen molar-refractivity contribution in [2.24, 2.45) is 0 Å². The molecule has 3 aromatic carbocycles. The SMILES string of the molecule is CCn1cc(-c2cccc(C(NC(=O)c3cccc4ccccc34)C3(O)CCC(F)(F)CC3)c2)cn1. The fraction of sp³-hybridized carbons (Fsp3) is 0.310. The molecule has 1 fully saturated rings. The molecule has 1 atom stereocenters. The maximum Gasteiger partial charge on any atom is 0.252 e. The number of hydrogen-bond acceptors (Lipinski definition) is 3. The van der Waals surface area contributed by atoms with Crippen LogP contribution in [0.15, 0.2) is 79.1 Å². The molecule has 1 heterocycles. The highest BCUT2D eigenvalue weighted by Gasteiger charge is 2.47. The number of benzene rings is 3. The van der Waals surface area contributed by atoms with Crippen molar-refractivity contribution in [3.63, 3.8) is 0 Å². The van der Waals surface area contributed by atoms with Crippen molar-refractivity contribution in [1.82, 2.24) is 15.1 Å². The van der Waals surface area contributed by atoms with E-state index in [0.717, 1.165) is 28.4 Å². The van der Waals surface area contributed by atoms with E-state index in [-0.39, 0.29) is 18.7 Å². The molecule has 5 nitrogen and oxygen atoms in total. The van der Waals surface area contributed by atoms with Crippen molar-refractivity contribution in [2.75, 3.05) is 0 Å². The number of amides is 1. The molecule has 1 aromatic heterocycles. The van der Waals surface area contributed by atoms with Crippen molar-refractivity contribution in [3.05, 3.63) is 90.3 Å². The first-order chi connectivity index (χ1) is 17.3. The number of alkyl halides is 2. The standard InChI is InChI=1S/C29H29F2N3O2/c1-2-34-19-23(18-32-34)21-9-5-10-22(17-21)26(28(36)13-15-29(30,31)16-14-28)33-27(35)25-12-6-8-20-7-3-4-11-24(20)25/h3-12,17-19,26,36H,2,13-16H2,1H3,(H,33,35). The summed E-state index contributed by atoms with van der Waals surface area (Å²) in [7, 11) is 0. The molecule has 7 heteroatoms. The molecule has 186 valence electrons. The van der Waals surface area contributed by atoms with Gasteiger partial charge in [0.15, 0.2) is 0 Å². The normalized spacial score (nSPS) is 17.6. The van der Waals surface area contributed by atoms with E-state index >= 15 is 0 Å². The topological polar surface area (TPSA) is 67.2 Å². The van der Waals surface area contributed by atoms with Gasteiger partial charge in [0.05, 0.1) is 17.8 Å². The van der Waals surface area contributed by atoms with Crippen LogP contribution in [0.5, 0.6) is 0 Å². The van der Waals surface area contributed by atoms with Gasteiger partial charge in [0, 0.05) is 36.7 Å². The first kappa shape index (κ1) is 24.1. The number of rotatable bonds is 6. The summed E-state index contributed by atoms with van der Waals surface area (Å²) in [4.78, 5) is 13.6. The zero-order chi connectivity index (χ0) is 25.3. The van der Waals surface area contributed by atoms with E-state index in [9.17, 15) is 18.7 Å². The highest BCUT2D eigenvalue weighted by molar-refractivity contribution is 6.07. The lowest BCUT2D eigenvalue weighted by molar-refractivity contribution is -0.116. The summed E-state index contributed by atoms with van der Waals surface area (Å²) in [6.07, 6.45) is 2.62. The van der Waals surface area contributed by atoms with Crippen molar-refractivity contribution in [1.29, 1.82) is 0 Å². The molecule has 1 amide bonds. The lowest BCUT2D eigenvalue weighted by atomic mass is 9.75. The lowest BCUT2D eigenvalue weighted by Gasteiger charge is -2.42. The smallest absolute Gasteiger partial charge is 0.252 e. The van der Waals surface area contributed by atoms with E-state index in [1.54, 1.807) is 12.3 Å². The minimum Gasteiger partial charge on any atom is -0.387 e. The minimum atomic E-state index is -2.81. The number of aromatic nitrogens is 2. The molecule has 5 rings (SSSR count). The van der Waals surface area contributed by atoms with E-state index < -0.39 is 30.4 Å². The maximum atomic E-state index is 14.0. The van der Waals surface area contributed by atoms with Gasteiger partial charge in [-0.15, -0.1) is 0 Å². The minimum absolute atomic E-state index is 0.113. The van der Waals surface area contributed by atoms with E-state index in [4.69, 9.17) is 0 Å². The first-order valence-electron chi connectivity index (χ1n) is 12.3. The zero-order valence-electron chi connectivity index (χ0n) is 20.1. The largest absolute Gasteiger partial charge is 0.387 e. The van der Waals surface area contributed by atoms with Gasteiger partial charge in [-0.25, -0.2) is 8.78 Å². The van der Waals surface area contributed by atoms with Crippen molar-refractivity contribution < 1.29 is 18.7 Å². The second-order valence-electron chi connectivity index (χ2n) is 9.60. The monoisotopic (exact) mass is 489 g/mol. The summed E-state index contributed by atoms with van der Waals surface area (Å²) in [5.41, 5.74) is 1.41. The highest BCUT2D eigenvalue weighted by atomic mass is 19.3. The van der Waals surface area contributed by atoms with Crippen LogP contribution in [0.4, 0.5) is 8.78 Å². The molecular weight excluding hydrogens is 460 g/mol. The Kier molecular flexibility index (Phi) is 6.35. The first-order valence-corrected chi connectivity index (χ1v) is 12.3. The summed E-state index contributed by atoms with van der Waals surface area (Å²) < 4.78 is 29.9. The highest BCUT2D eigenvalue weighted by Crippen LogP contribution is 2.45. The number of fused-ring (bicyclic) bond motifs is 1. The zero-order valence-corrected chi connectivity index (χ0v) is 20.1. The number of nitrogens with one attached hydrogen (secondary N) is 1. The summed E-state index contributed by atoms with van der Waals surface area (Å²) in [5, 5.41) is 20.7. The van der Waals surface area contributed by atoms with Crippen molar-refractivity contribution in [3.8, 4) is 11.1 Å². The average Bonchev–Trinajstić information content (AvgIpc) is 3.38. The Morgan fingerprint density at radius 3 is 2.50 bits per heavy atom. The van der Waals surface area contributed by atoms with Crippen LogP contribution in [0.3, 0.4) is 0 Å². The third kappa shape index (κ3) is 4.75. The molecule has 1 aliphatic rings. The van der Waals surface area contributed by atoms with Gasteiger partial charge in [-0.3, -0.25) is 9.48 Å². The number of halogens is 2. The average molecular weight is 490 g/mol. The van der Waals surface area contributed by atoms with Crippen molar-refractivity contribution in [2.45, 2.75) is 56.7 Å². The Morgan fingerprint density at radius 1 is 1.03 bits per heavy atom. The Hall–Kier alpha value is -3.58. The molecule has 0 bridgehead atoms. The fourth-order valence-electron chi connectivity index (χ4n) is 5.08. The number of carbonyl (C=O) groups is 1. The molecule has 0 radical (unpaired) electrons. The van der Waals surface area contributed by atoms with Gasteiger partial charge >= 0.3 is 0 Å². The van der Waals surface area contributed by atoms with E-state index in [1.807, 2.05) is 78.5 Å². The molecule has 1 saturated carbocycles. The molecule has 0 spiro atoms. The quantitative estimate of drug-likeness (QED) is 0.342. The van der Waals surface area contributed by atoms with Crippen LogP contribution in [0.25, 0.3) is 21.9 Å². The van der Waals surface area contributed by atoms with Crippen molar-refractivity contribution >= 4 is 16.7 Å². The Labute approximate surface area is 208 Å². The van der Waals surface area contributed by atoms with Gasteiger partial charge < -0.3 is 10.4 Å². The Balaban J connectivity index is 1.53. The Bertz CT molecular complexity index is 1380. The third-order valence-corrected chi connectivity index (χ3v) is 7.20. The summed E-state index contributed by atoms with van der Waals surface area (Å²) in [6, 6.07) is 19.7. The fourth-order valence-corrected chi connectivity index (χ4v) is 5.08. The van der Waals surface area contributed by atoms with Crippen LogP contribution < -0.4 is 5.32 Å². The van der Waals surface area contributed by atoms with E-state index in [0.29, 0.717) is 11.1 Å². The van der Waals surface area contributed by atoms with Gasteiger partial charge in [0.1, 0.15) is 0 Å². The third-order valence-electron chi connectivity index (χ3n) is 7.20. The summed E-state index contributed by atoms with van der Waals surface area (Å²) in [5.74, 6) is -3.17. The molecule has 1 unspecified atom stereocenters. The summed E-state index contributed by atoms with van der Waals surface area (Å²) in [6.45, 7) is 2.73. The molecule has 1 aliphatic carbocycles. The predicted molar refractivity (Wildman–Crippen MR) is 136 cm³/mol. The van der Waals surface area contributed by atoms with Crippen LogP contribution in [-0.4, -0.2) is 32.3 Å². The van der Waals surface area contributed by atoms with Gasteiger partial charge in [-0.1, -0.05) is 54.6 Å². The maximum absolute atomic E-state index is 14.0. The predicted octanol–water partition coefficient (Wildman–Crippen LogP) is 6.13. The number of nitrogens with zero attached hydrogens (tertiary/aromatic N) is 2. The number of aliphatic hydroxyl groups is 1. The second kappa shape index (κ2) is 9.47. The van der Waals surface area contributed by atoms with Gasteiger partial charge in [0.2, 0.25) is 5.92 Å². The lowest BCUT2D eigenvalue weighted by Crippen LogP contribution is -2.50. The van der Waals surface area contributed by atoms with Crippen LogP contribution >= 0.6 is 0 Å². The molecule has 36 heavy (non-hydrogen) atoms. The van der Waals surface area contributed by atoms with Crippen LogP contribution in [-0.2, 0) is 6.54 Å². The van der Waals surface area contributed by atoms with E-state index in [2.05, 4.69) is 10.4 Å².